The SMILES string of the molecule is C=C(C(C)P(CCC(F)(F)F)OCC(F)(F)F)N(C)C. The summed E-state index contributed by atoms with van der Waals surface area (Å²) in [6.45, 7) is 3.65. The van der Waals surface area contributed by atoms with E-state index in [2.05, 4.69) is 11.1 Å². The fourth-order valence-electron chi connectivity index (χ4n) is 1.30. The molecule has 0 amide bonds. The van der Waals surface area contributed by atoms with E-state index in [0.29, 0.717) is 5.70 Å². The van der Waals surface area contributed by atoms with E-state index in [0.717, 1.165) is 0 Å². The second kappa shape index (κ2) is 7.50. The van der Waals surface area contributed by atoms with Crippen LogP contribution in [0.2, 0.25) is 0 Å². The molecule has 0 heterocycles. The molecule has 2 unspecified atom stereocenters. The standard InChI is InChI=1S/C11H18F6NOP/c1-8(18(3)4)9(2)20(6-5-10(12,13)14)19-7-11(15,16)17/h9H,1,5-7H2,2-4H3. The van der Waals surface area contributed by atoms with Crippen molar-refractivity contribution in [2.75, 3.05) is 26.9 Å². The topological polar surface area (TPSA) is 12.5 Å². The molecule has 0 aromatic carbocycles. The number of nitrogens with zero attached hydrogens (tertiary/aromatic N) is 1. The van der Waals surface area contributed by atoms with Gasteiger partial charge in [-0.3, -0.25) is 0 Å². The molecule has 0 spiro atoms. The third-order valence-electron chi connectivity index (χ3n) is 2.50. The van der Waals surface area contributed by atoms with Crippen LogP contribution in [0.15, 0.2) is 12.3 Å². The van der Waals surface area contributed by atoms with E-state index < -0.39 is 45.3 Å². The van der Waals surface area contributed by atoms with Crippen molar-refractivity contribution in [3.63, 3.8) is 0 Å². The van der Waals surface area contributed by atoms with Gasteiger partial charge < -0.3 is 9.42 Å². The van der Waals surface area contributed by atoms with Crippen LogP contribution < -0.4 is 0 Å². The van der Waals surface area contributed by atoms with Crippen molar-refractivity contribution in [2.24, 2.45) is 0 Å². The maximum Gasteiger partial charge on any atom is 0.412 e. The van der Waals surface area contributed by atoms with Crippen LogP contribution in [-0.4, -0.2) is 49.8 Å². The van der Waals surface area contributed by atoms with Gasteiger partial charge in [0.2, 0.25) is 0 Å². The molecule has 120 valence electrons. The Morgan fingerprint density at radius 3 is 2.00 bits per heavy atom. The highest BCUT2D eigenvalue weighted by molar-refractivity contribution is 7.53. The summed E-state index contributed by atoms with van der Waals surface area (Å²) >= 11 is 0. The molecule has 9 heteroatoms. The van der Waals surface area contributed by atoms with Gasteiger partial charge >= 0.3 is 12.4 Å². The minimum atomic E-state index is -4.56. The summed E-state index contributed by atoms with van der Waals surface area (Å²) in [4.78, 5) is 1.56. The average Bonchev–Trinajstić information content (AvgIpc) is 2.24. The highest BCUT2D eigenvalue weighted by Crippen LogP contribution is 2.48. The van der Waals surface area contributed by atoms with E-state index >= 15 is 0 Å². The van der Waals surface area contributed by atoms with Crippen LogP contribution >= 0.6 is 8.15 Å². The molecule has 0 bridgehead atoms. The second-order valence-electron chi connectivity index (χ2n) is 4.46. The van der Waals surface area contributed by atoms with Crippen LogP contribution in [0.1, 0.15) is 13.3 Å². The Bertz CT molecular complexity index is 297. The predicted octanol–water partition coefficient (Wildman–Crippen LogP) is 4.38. The van der Waals surface area contributed by atoms with Crippen molar-refractivity contribution in [3.8, 4) is 0 Å². The van der Waals surface area contributed by atoms with E-state index in [1.807, 2.05) is 0 Å². The van der Waals surface area contributed by atoms with Crippen LogP contribution in [0.4, 0.5) is 26.3 Å². The van der Waals surface area contributed by atoms with Crippen LogP contribution in [0, 0.1) is 0 Å². The van der Waals surface area contributed by atoms with Gasteiger partial charge in [0.05, 0.1) is 0 Å². The first-order chi connectivity index (χ1) is 8.83. The number of hydrogen-bond acceptors (Lipinski definition) is 2. The van der Waals surface area contributed by atoms with Gasteiger partial charge in [-0.15, -0.1) is 0 Å². The second-order valence-corrected chi connectivity index (χ2v) is 6.77. The van der Waals surface area contributed by atoms with Crippen molar-refractivity contribution in [3.05, 3.63) is 12.3 Å². The van der Waals surface area contributed by atoms with E-state index in [4.69, 9.17) is 0 Å². The summed E-state index contributed by atoms with van der Waals surface area (Å²) in [5, 5.41) is 0. The van der Waals surface area contributed by atoms with Gasteiger partial charge in [0.1, 0.15) is 6.61 Å². The molecular formula is C11H18F6NOP. The molecule has 0 fully saturated rings. The molecule has 20 heavy (non-hydrogen) atoms. The first-order valence-electron chi connectivity index (χ1n) is 5.72. The Balaban J connectivity index is 4.73. The predicted molar refractivity (Wildman–Crippen MR) is 66.8 cm³/mol. The number of rotatable bonds is 7. The normalized spacial score (nSPS) is 15.8. The molecule has 0 aromatic rings. The largest absolute Gasteiger partial charge is 0.412 e. The Labute approximate surface area is 115 Å². The molecule has 0 saturated heterocycles. The lowest BCUT2D eigenvalue weighted by Gasteiger charge is -2.30. The Morgan fingerprint density at radius 1 is 1.15 bits per heavy atom. The van der Waals surface area contributed by atoms with Gasteiger partial charge in [-0.2, -0.15) is 26.3 Å². The molecule has 2 atom stereocenters. The monoisotopic (exact) mass is 325 g/mol. The van der Waals surface area contributed by atoms with Crippen molar-refractivity contribution in [1.82, 2.24) is 4.90 Å². The molecule has 0 N–H and O–H groups in total. The van der Waals surface area contributed by atoms with E-state index in [1.165, 1.54) is 6.92 Å². The van der Waals surface area contributed by atoms with Crippen LogP contribution in [0.3, 0.4) is 0 Å². The number of halogens is 6. The van der Waals surface area contributed by atoms with Crippen molar-refractivity contribution in [2.45, 2.75) is 31.4 Å². The van der Waals surface area contributed by atoms with Crippen molar-refractivity contribution < 1.29 is 30.9 Å². The Morgan fingerprint density at radius 2 is 1.65 bits per heavy atom. The zero-order valence-electron chi connectivity index (χ0n) is 11.5. The molecule has 0 aliphatic carbocycles. The van der Waals surface area contributed by atoms with Gasteiger partial charge in [-0.1, -0.05) is 13.5 Å². The summed E-state index contributed by atoms with van der Waals surface area (Å²) in [6, 6.07) is 0. The molecule has 0 aliphatic heterocycles. The third-order valence-corrected chi connectivity index (χ3v) is 4.79. The average molecular weight is 325 g/mol. The lowest BCUT2D eigenvalue weighted by atomic mass is 10.3. The van der Waals surface area contributed by atoms with Gasteiger partial charge in [0.25, 0.3) is 0 Å². The smallest absolute Gasteiger partial charge is 0.381 e. The van der Waals surface area contributed by atoms with Gasteiger partial charge in [-0.25, -0.2) is 0 Å². The summed E-state index contributed by atoms with van der Waals surface area (Å²) in [5.74, 6) is 0. The summed E-state index contributed by atoms with van der Waals surface area (Å²) in [6.07, 6.45) is -10.6. The lowest BCUT2D eigenvalue weighted by molar-refractivity contribution is -0.152. The Hall–Kier alpha value is -0.490. The number of hydrogen-bond donors (Lipinski definition) is 0. The van der Waals surface area contributed by atoms with E-state index in [-0.39, 0.29) is 0 Å². The zero-order chi connectivity index (χ0) is 16.1. The molecule has 0 aliphatic rings. The minimum absolute atomic E-state index is 0.445. The maximum atomic E-state index is 12.2. The molecule has 0 saturated carbocycles. The summed E-state index contributed by atoms with van der Waals surface area (Å²) < 4.78 is 77.8. The minimum Gasteiger partial charge on any atom is -0.381 e. The van der Waals surface area contributed by atoms with E-state index in [9.17, 15) is 26.3 Å². The number of allylic oxidation sites excluding steroid dienone is 1. The van der Waals surface area contributed by atoms with Crippen molar-refractivity contribution >= 4 is 8.15 Å². The first kappa shape index (κ1) is 19.5. The highest BCUT2D eigenvalue weighted by Gasteiger charge is 2.35. The summed E-state index contributed by atoms with van der Waals surface area (Å²) in [5.41, 5.74) is -0.134. The van der Waals surface area contributed by atoms with E-state index in [1.54, 1.807) is 19.0 Å². The fraction of sp³-hybridized carbons (Fsp3) is 0.818. The van der Waals surface area contributed by atoms with Gasteiger partial charge in [-0.05, 0) is 0 Å². The van der Waals surface area contributed by atoms with Crippen LogP contribution in [-0.2, 0) is 4.52 Å². The Kier molecular flexibility index (Phi) is 7.32. The molecule has 0 radical (unpaired) electrons. The third kappa shape index (κ3) is 8.64. The fourth-order valence-corrected chi connectivity index (χ4v) is 3.39. The maximum absolute atomic E-state index is 12.2. The van der Waals surface area contributed by atoms with Crippen LogP contribution in [0.25, 0.3) is 0 Å². The van der Waals surface area contributed by atoms with Gasteiger partial charge in [0, 0.05) is 46.2 Å². The molecule has 2 nitrogen and oxygen atoms in total. The quantitative estimate of drug-likeness (QED) is 0.509. The molecule has 0 aromatic heterocycles. The van der Waals surface area contributed by atoms with Crippen LogP contribution in [0.5, 0.6) is 0 Å². The van der Waals surface area contributed by atoms with Crippen molar-refractivity contribution in [1.29, 1.82) is 0 Å². The zero-order valence-corrected chi connectivity index (χ0v) is 12.4. The highest BCUT2D eigenvalue weighted by atomic mass is 31.1. The lowest BCUT2D eigenvalue weighted by Crippen LogP contribution is -2.24. The summed E-state index contributed by atoms with van der Waals surface area (Å²) in [7, 11) is 1.35. The molecular weight excluding hydrogens is 307 g/mol. The number of alkyl halides is 6. The first-order valence-corrected chi connectivity index (χ1v) is 7.24. The molecule has 0 rings (SSSR count). The van der Waals surface area contributed by atoms with Gasteiger partial charge in [0.15, 0.2) is 0 Å².